The second-order valence-electron chi connectivity index (χ2n) is 6.24. The van der Waals surface area contributed by atoms with Gasteiger partial charge in [-0.15, -0.1) is 0 Å². The molecule has 2 atom stereocenters. The van der Waals surface area contributed by atoms with Crippen LogP contribution in [0.4, 0.5) is 4.79 Å². The van der Waals surface area contributed by atoms with E-state index in [0.29, 0.717) is 32.0 Å². The molecule has 0 aromatic heterocycles. The van der Waals surface area contributed by atoms with Crippen molar-refractivity contribution in [1.29, 1.82) is 0 Å². The molecule has 1 aliphatic carbocycles. The third-order valence-corrected chi connectivity index (χ3v) is 4.82. The Morgan fingerprint density at radius 2 is 2.09 bits per heavy atom. The molecule has 0 spiro atoms. The SMILES string of the molecule is O=C(O)C1CCN(C(=O)NCC2CCCc3ccccc32)C1. The van der Waals surface area contributed by atoms with E-state index < -0.39 is 11.9 Å². The predicted molar refractivity (Wildman–Crippen MR) is 82.8 cm³/mol. The molecule has 118 valence electrons. The summed E-state index contributed by atoms with van der Waals surface area (Å²) in [5.74, 6) is -0.857. The van der Waals surface area contributed by atoms with E-state index in [4.69, 9.17) is 5.11 Å². The number of fused-ring (bicyclic) bond motifs is 1. The molecule has 2 N–H and O–H groups in total. The summed E-state index contributed by atoms with van der Waals surface area (Å²) < 4.78 is 0. The van der Waals surface area contributed by atoms with Crippen molar-refractivity contribution >= 4 is 12.0 Å². The van der Waals surface area contributed by atoms with Gasteiger partial charge in [0, 0.05) is 25.6 Å². The Hall–Kier alpha value is -2.04. The maximum Gasteiger partial charge on any atom is 0.317 e. The second-order valence-corrected chi connectivity index (χ2v) is 6.24. The lowest BCUT2D eigenvalue weighted by atomic mass is 9.83. The molecule has 3 rings (SSSR count). The second kappa shape index (κ2) is 6.38. The standard InChI is InChI=1S/C17H22N2O3/c20-16(21)14-8-9-19(11-14)17(22)18-10-13-6-3-5-12-4-1-2-7-15(12)13/h1-2,4,7,13-14H,3,5-6,8-11H2,(H,18,22)(H,20,21). The van der Waals surface area contributed by atoms with E-state index in [1.807, 2.05) is 0 Å². The number of carbonyl (C=O) groups is 2. The van der Waals surface area contributed by atoms with E-state index in [-0.39, 0.29) is 6.03 Å². The molecular weight excluding hydrogens is 280 g/mol. The number of likely N-dealkylation sites (tertiary alicyclic amines) is 1. The van der Waals surface area contributed by atoms with Gasteiger partial charge in [-0.05, 0) is 36.8 Å². The molecule has 1 heterocycles. The molecule has 1 aliphatic heterocycles. The van der Waals surface area contributed by atoms with Crippen LogP contribution in [0, 0.1) is 5.92 Å². The molecule has 5 heteroatoms. The van der Waals surface area contributed by atoms with Crippen LogP contribution in [-0.2, 0) is 11.2 Å². The maximum absolute atomic E-state index is 12.2. The largest absolute Gasteiger partial charge is 0.481 e. The number of nitrogens with one attached hydrogen (secondary N) is 1. The van der Waals surface area contributed by atoms with E-state index in [1.165, 1.54) is 11.1 Å². The summed E-state index contributed by atoms with van der Waals surface area (Å²) in [6, 6.07) is 8.31. The summed E-state index contributed by atoms with van der Waals surface area (Å²) in [5, 5.41) is 12.0. The van der Waals surface area contributed by atoms with Crippen molar-refractivity contribution in [3.63, 3.8) is 0 Å². The lowest BCUT2D eigenvalue weighted by Gasteiger charge is -2.26. The molecule has 1 aromatic carbocycles. The number of carboxylic acid groups (broad SMARTS) is 1. The zero-order chi connectivity index (χ0) is 15.5. The monoisotopic (exact) mass is 302 g/mol. The number of nitrogens with zero attached hydrogens (tertiary/aromatic N) is 1. The molecule has 0 saturated carbocycles. The van der Waals surface area contributed by atoms with Gasteiger partial charge in [-0.3, -0.25) is 4.79 Å². The molecule has 1 saturated heterocycles. The van der Waals surface area contributed by atoms with Crippen molar-refractivity contribution in [2.45, 2.75) is 31.6 Å². The normalized spacial score (nSPS) is 23.9. The zero-order valence-corrected chi connectivity index (χ0v) is 12.6. The summed E-state index contributed by atoms with van der Waals surface area (Å²) in [5.41, 5.74) is 2.74. The van der Waals surface area contributed by atoms with Gasteiger partial charge < -0.3 is 15.3 Å². The summed E-state index contributed by atoms with van der Waals surface area (Å²) in [6.45, 7) is 1.48. The molecule has 5 nitrogen and oxygen atoms in total. The van der Waals surface area contributed by atoms with Crippen LogP contribution in [0.1, 0.15) is 36.3 Å². The first-order valence-electron chi connectivity index (χ1n) is 7.98. The fraction of sp³-hybridized carbons (Fsp3) is 0.529. The highest BCUT2D eigenvalue weighted by Gasteiger charge is 2.31. The highest BCUT2D eigenvalue weighted by atomic mass is 16.4. The summed E-state index contributed by atoms with van der Waals surface area (Å²) in [6.07, 6.45) is 3.92. The van der Waals surface area contributed by atoms with Crippen LogP contribution in [-0.4, -0.2) is 41.6 Å². The first kappa shape index (κ1) is 14.9. The number of amides is 2. The molecule has 2 aliphatic rings. The highest BCUT2D eigenvalue weighted by Crippen LogP contribution is 2.30. The molecular formula is C17H22N2O3. The summed E-state index contributed by atoms with van der Waals surface area (Å²) >= 11 is 0. The average Bonchev–Trinajstić information content (AvgIpc) is 3.03. The van der Waals surface area contributed by atoms with Gasteiger partial charge in [0.15, 0.2) is 0 Å². The van der Waals surface area contributed by atoms with Crippen LogP contribution in [0.2, 0.25) is 0 Å². The fourth-order valence-electron chi connectivity index (χ4n) is 3.54. The van der Waals surface area contributed by atoms with Gasteiger partial charge >= 0.3 is 12.0 Å². The van der Waals surface area contributed by atoms with E-state index >= 15 is 0 Å². The van der Waals surface area contributed by atoms with E-state index in [1.54, 1.807) is 4.90 Å². The van der Waals surface area contributed by atoms with Crippen LogP contribution in [0.3, 0.4) is 0 Å². The van der Waals surface area contributed by atoms with E-state index in [9.17, 15) is 9.59 Å². The Kier molecular flexibility index (Phi) is 4.32. The van der Waals surface area contributed by atoms with Gasteiger partial charge in [-0.1, -0.05) is 24.3 Å². The van der Waals surface area contributed by atoms with Gasteiger partial charge in [-0.2, -0.15) is 0 Å². The van der Waals surface area contributed by atoms with Crippen LogP contribution in [0.25, 0.3) is 0 Å². The molecule has 2 unspecified atom stereocenters. The average molecular weight is 302 g/mol. The van der Waals surface area contributed by atoms with Gasteiger partial charge in [-0.25, -0.2) is 4.79 Å². The van der Waals surface area contributed by atoms with Gasteiger partial charge in [0.25, 0.3) is 0 Å². The van der Waals surface area contributed by atoms with Crippen molar-refractivity contribution in [1.82, 2.24) is 10.2 Å². The molecule has 1 fully saturated rings. The Bertz CT molecular complexity index is 573. The smallest absolute Gasteiger partial charge is 0.317 e. The number of aliphatic carboxylic acids is 1. The number of benzene rings is 1. The Balaban J connectivity index is 1.55. The van der Waals surface area contributed by atoms with Crippen molar-refractivity contribution in [3.05, 3.63) is 35.4 Å². The van der Waals surface area contributed by atoms with E-state index in [2.05, 4.69) is 29.6 Å². The molecule has 0 bridgehead atoms. The van der Waals surface area contributed by atoms with Crippen LogP contribution >= 0.6 is 0 Å². The van der Waals surface area contributed by atoms with Crippen molar-refractivity contribution < 1.29 is 14.7 Å². The van der Waals surface area contributed by atoms with Crippen LogP contribution in [0.15, 0.2) is 24.3 Å². The minimum atomic E-state index is -0.809. The maximum atomic E-state index is 12.2. The third kappa shape index (κ3) is 3.08. The number of rotatable bonds is 3. The number of hydrogen-bond donors (Lipinski definition) is 2. The first-order valence-corrected chi connectivity index (χ1v) is 7.98. The molecule has 2 amide bonds. The zero-order valence-electron chi connectivity index (χ0n) is 12.6. The van der Waals surface area contributed by atoms with Crippen LogP contribution in [0.5, 0.6) is 0 Å². The minimum Gasteiger partial charge on any atom is -0.481 e. The van der Waals surface area contributed by atoms with Crippen LogP contribution < -0.4 is 5.32 Å². The number of carbonyl (C=O) groups excluding carboxylic acids is 1. The van der Waals surface area contributed by atoms with Gasteiger partial charge in [0.1, 0.15) is 0 Å². The van der Waals surface area contributed by atoms with Crippen molar-refractivity contribution in [2.24, 2.45) is 5.92 Å². The lowest BCUT2D eigenvalue weighted by Crippen LogP contribution is -2.41. The predicted octanol–water partition coefficient (Wildman–Crippen LogP) is 2.22. The minimum absolute atomic E-state index is 0.133. The van der Waals surface area contributed by atoms with Crippen molar-refractivity contribution in [2.75, 3.05) is 19.6 Å². The number of hydrogen-bond acceptors (Lipinski definition) is 2. The Morgan fingerprint density at radius 1 is 1.27 bits per heavy atom. The third-order valence-electron chi connectivity index (χ3n) is 4.82. The molecule has 22 heavy (non-hydrogen) atoms. The quantitative estimate of drug-likeness (QED) is 0.899. The number of carboxylic acids is 1. The first-order chi connectivity index (χ1) is 10.6. The molecule has 1 aromatic rings. The Labute approximate surface area is 130 Å². The fourth-order valence-corrected chi connectivity index (χ4v) is 3.54. The number of urea groups is 1. The topological polar surface area (TPSA) is 69.6 Å². The number of aryl methyl sites for hydroxylation is 1. The van der Waals surface area contributed by atoms with E-state index in [0.717, 1.165) is 19.3 Å². The highest BCUT2D eigenvalue weighted by molar-refractivity contribution is 5.77. The molecule has 0 radical (unpaired) electrons. The summed E-state index contributed by atoms with van der Waals surface area (Å²) in [4.78, 5) is 24.8. The Morgan fingerprint density at radius 3 is 2.86 bits per heavy atom. The van der Waals surface area contributed by atoms with Gasteiger partial charge in [0.2, 0.25) is 0 Å². The lowest BCUT2D eigenvalue weighted by molar-refractivity contribution is -0.141. The summed E-state index contributed by atoms with van der Waals surface area (Å²) in [7, 11) is 0. The van der Waals surface area contributed by atoms with Gasteiger partial charge in [0.05, 0.1) is 5.92 Å². The van der Waals surface area contributed by atoms with Crippen molar-refractivity contribution in [3.8, 4) is 0 Å².